The third-order valence-corrected chi connectivity index (χ3v) is 2.72. The average molecular weight is 258 g/mol. The maximum absolute atomic E-state index is 5.87. The van der Waals surface area contributed by atoms with Crippen LogP contribution in [0.25, 0.3) is 0 Å². The topological polar surface area (TPSA) is 53.9 Å². The zero-order chi connectivity index (χ0) is 13.0. The van der Waals surface area contributed by atoms with Gasteiger partial charge in [0.1, 0.15) is 0 Å². The summed E-state index contributed by atoms with van der Waals surface area (Å²) in [5.74, 6) is 1.61. The zero-order valence-corrected chi connectivity index (χ0v) is 11.8. The van der Waals surface area contributed by atoms with Crippen LogP contribution in [0.1, 0.15) is 27.2 Å². The molecular formula is C11H20ClN5. The van der Waals surface area contributed by atoms with Gasteiger partial charge in [-0.25, -0.2) is 0 Å². The Kier molecular flexibility index (Phi) is 4.93. The molecule has 1 unspecified atom stereocenters. The van der Waals surface area contributed by atoms with E-state index in [4.69, 9.17) is 11.6 Å². The van der Waals surface area contributed by atoms with Gasteiger partial charge in [0.15, 0.2) is 0 Å². The Bertz CT molecular complexity index is 367. The van der Waals surface area contributed by atoms with Crippen molar-refractivity contribution in [3.8, 4) is 0 Å². The Balaban J connectivity index is 2.90. The Morgan fingerprint density at radius 1 is 1.24 bits per heavy atom. The lowest BCUT2D eigenvalue weighted by Gasteiger charge is -2.21. The maximum Gasteiger partial charge on any atom is 0.230 e. The molecule has 1 rings (SSSR count). The van der Waals surface area contributed by atoms with Crippen molar-refractivity contribution in [2.45, 2.75) is 33.2 Å². The van der Waals surface area contributed by atoms with Gasteiger partial charge in [-0.05, 0) is 23.9 Å². The van der Waals surface area contributed by atoms with Gasteiger partial charge in [0.05, 0.1) is 0 Å². The van der Waals surface area contributed by atoms with Crippen LogP contribution < -0.4 is 10.2 Å². The SMILES string of the molecule is CCC(Nc1nc(Cl)nc(N(C)C)n1)C(C)C. The molecule has 0 aliphatic carbocycles. The van der Waals surface area contributed by atoms with Crippen molar-refractivity contribution >= 4 is 23.5 Å². The molecule has 1 heterocycles. The molecule has 5 nitrogen and oxygen atoms in total. The van der Waals surface area contributed by atoms with Gasteiger partial charge in [-0.3, -0.25) is 0 Å². The highest BCUT2D eigenvalue weighted by Gasteiger charge is 2.14. The summed E-state index contributed by atoms with van der Waals surface area (Å²) < 4.78 is 0. The predicted octanol–water partition coefficient (Wildman–Crippen LogP) is 2.44. The van der Waals surface area contributed by atoms with Crippen molar-refractivity contribution in [3.05, 3.63) is 5.28 Å². The van der Waals surface area contributed by atoms with Gasteiger partial charge in [-0.15, -0.1) is 0 Å². The third-order valence-electron chi connectivity index (χ3n) is 2.56. The largest absolute Gasteiger partial charge is 0.351 e. The number of hydrogen-bond donors (Lipinski definition) is 1. The molecule has 0 aromatic carbocycles. The number of hydrogen-bond acceptors (Lipinski definition) is 5. The first kappa shape index (κ1) is 14.0. The molecule has 96 valence electrons. The minimum Gasteiger partial charge on any atom is -0.351 e. The summed E-state index contributed by atoms with van der Waals surface area (Å²) in [5.41, 5.74) is 0. The molecule has 17 heavy (non-hydrogen) atoms. The van der Waals surface area contributed by atoms with Crippen molar-refractivity contribution in [2.24, 2.45) is 5.92 Å². The Morgan fingerprint density at radius 3 is 2.35 bits per heavy atom. The van der Waals surface area contributed by atoms with Crippen LogP contribution in [-0.4, -0.2) is 35.1 Å². The standard InChI is InChI=1S/C11H20ClN5/c1-6-8(7(2)3)13-10-14-9(12)15-11(16-10)17(4)5/h7-8H,6H2,1-5H3,(H,13,14,15,16). The monoisotopic (exact) mass is 257 g/mol. The predicted molar refractivity (Wildman–Crippen MR) is 71.7 cm³/mol. The van der Waals surface area contributed by atoms with Crippen molar-refractivity contribution in [1.82, 2.24) is 15.0 Å². The summed E-state index contributed by atoms with van der Waals surface area (Å²) in [4.78, 5) is 14.2. The van der Waals surface area contributed by atoms with Gasteiger partial charge in [0.25, 0.3) is 0 Å². The minimum atomic E-state index is 0.213. The normalized spacial score (nSPS) is 12.6. The Labute approximate surface area is 108 Å². The Hall–Kier alpha value is -1.10. The minimum absolute atomic E-state index is 0.213. The molecular weight excluding hydrogens is 238 g/mol. The van der Waals surface area contributed by atoms with Crippen molar-refractivity contribution in [2.75, 3.05) is 24.3 Å². The second-order valence-electron chi connectivity index (χ2n) is 4.53. The van der Waals surface area contributed by atoms with Gasteiger partial charge in [0.2, 0.25) is 17.2 Å². The summed E-state index contributed by atoms with van der Waals surface area (Å²) >= 11 is 5.87. The van der Waals surface area contributed by atoms with Crippen LogP contribution >= 0.6 is 11.6 Å². The van der Waals surface area contributed by atoms with Crippen LogP contribution in [0.5, 0.6) is 0 Å². The highest BCUT2D eigenvalue weighted by Crippen LogP contribution is 2.15. The highest BCUT2D eigenvalue weighted by atomic mass is 35.5. The van der Waals surface area contributed by atoms with E-state index in [0.29, 0.717) is 23.9 Å². The summed E-state index contributed by atoms with van der Waals surface area (Å²) in [7, 11) is 3.74. The van der Waals surface area contributed by atoms with Crippen LogP contribution in [0.3, 0.4) is 0 Å². The van der Waals surface area contributed by atoms with Gasteiger partial charge >= 0.3 is 0 Å². The molecule has 1 N–H and O–H groups in total. The van der Waals surface area contributed by atoms with Crippen molar-refractivity contribution < 1.29 is 0 Å². The number of anilines is 2. The van der Waals surface area contributed by atoms with E-state index in [0.717, 1.165) is 6.42 Å². The summed E-state index contributed by atoms with van der Waals surface area (Å²) in [6, 6.07) is 0.337. The second kappa shape index (κ2) is 6.00. The van der Waals surface area contributed by atoms with Gasteiger partial charge in [-0.2, -0.15) is 15.0 Å². The zero-order valence-electron chi connectivity index (χ0n) is 11.0. The molecule has 0 spiro atoms. The quantitative estimate of drug-likeness (QED) is 0.878. The number of halogens is 1. The van der Waals surface area contributed by atoms with Crippen LogP contribution in [0, 0.1) is 5.92 Å². The van der Waals surface area contributed by atoms with E-state index >= 15 is 0 Å². The summed E-state index contributed by atoms with van der Waals surface area (Å²) in [6.07, 6.45) is 1.01. The van der Waals surface area contributed by atoms with E-state index in [9.17, 15) is 0 Å². The fourth-order valence-electron chi connectivity index (χ4n) is 1.51. The molecule has 0 bridgehead atoms. The molecule has 0 aliphatic rings. The molecule has 0 aliphatic heterocycles. The third kappa shape index (κ3) is 4.00. The lowest BCUT2D eigenvalue weighted by atomic mass is 10.0. The molecule has 1 aromatic rings. The molecule has 0 amide bonds. The first-order valence-corrected chi connectivity index (χ1v) is 6.17. The lowest BCUT2D eigenvalue weighted by molar-refractivity contribution is 0.508. The van der Waals surface area contributed by atoms with E-state index in [1.807, 2.05) is 14.1 Å². The van der Waals surface area contributed by atoms with Crippen LogP contribution in [0.2, 0.25) is 5.28 Å². The molecule has 0 saturated heterocycles. The summed E-state index contributed by atoms with van der Waals surface area (Å²) in [6.45, 7) is 6.46. The lowest BCUT2D eigenvalue weighted by Crippen LogP contribution is -2.26. The van der Waals surface area contributed by atoms with E-state index in [1.54, 1.807) is 4.90 Å². The highest BCUT2D eigenvalue weighted by molar-refractivity contribution is 6.28. The first-order chi connectivity index (χ1) is 7.93. The van der Waals surface area contributed by atoms with E-state index < -0.39 is 0 Å². The molecule has 1 aromatic heterocycles. The number of rotatable bonds is 5. The molecule has 6 heteroatoms. The van der Waals surface area contributed by atoms with Gasteiger partial charge in [0, 0.05) is 20.1 Å². The number of nitrogens with zero attached hydrogens (tertiary/aromatic N) is 4. The number of nitrogens with one attached hydrogen (secondary N) is 1. The van der Waals surface area contributed by atoms with E-state index in [1.165, 1.54) is 0 Å². The van der Waals surface area contributed by atoms with Crippen molar-refractivity contribution in [3.63, 3.8) is 0 Å². The summed E-state index contributed by atoms with van der Waals surface area (Å²) in [5, 5.41) is 3.50. The molecule has 0 fully saturated rings. The number of aromatic nitrogens is 3. The molecule has 1 atom stereocenters. The fraction of sp³-hybridized carbons (Fsp3) is 0.727. The maximum atomic E-state index is 5.87. The van der Waals surface area contributed by atoms with Gasteiger partial charge < -0.3 is 10.2 Å². The molecule has 0 saturated carbocycles. The van der Waals surface area contributed by atoms with E-state index in [2.05, 4.69) is 41.0 Å². The van der Waals surface area contributed by atoms with E-state index in [-0.39, 0.29) is 5.28 Å². The second-order valence-corrected chi connectivity index (χ2v) is 4.86. The van der Waals surface area contributed by atoms with Gasteiger partial charge in [-0.1, -0.05) is 20.8 Å². The smallest absolute Gasteiger partial charge is 0.230 e. The molecule has 0 radical (unpaired) electrons. The van der Waals surface area contributed by atoms with Crippen LogP contribution in [0.4, 0.5) is 11.9 Å². The van der Waals surface area contributed by atoms with Crippen LogP contribution in [0.15, 0.2) is 0 Å². The van der Waals surface area contributed by atoms with Crippen molar-refractivity contribution in [1.29, 1.82) is 0 Å². The average Bonchev–Trinajstić information content (AvgIpc) is 2.24. The first-order valence-electron chi connectivity index (χ1n) is 5.79. The Morgan fingerprint density at radius 2 is 1.88 bits per heavy atom. The fourth-order valence-corrected chi connectivity index (χ4v) is 1.67. The van der Waals surface area contributed by atoms with Crippen LogP contribution in [-0.2, 0) is 0 Å².